The van der Waals surface area contributed by atoms with Gasteiger partial charge in [-0.2, -0.15) is 13.2 Å². The normalized spacial score (nSPS) is 12.2. The zero-order valence-electron chi connectivity index (χ0n) is 12.8. The Labute approximate surface area is 140 Å². The molecule has 1 aromatic heterocycles. The first-order valence-corrected chi connectivity index (χ1v) is 7.54. The summed E-state index contributed by atoms with van der Waals surface area (Å²) in [4.78, 5) is 0. The van der Waals surface area contributed by atoms with Gasteiger partial charge in [-0.05, 0) is 53.6 Å². The van der Waals surface area contributed by atoms with Crippen molar-refractivity contribution in [1.82, 2.24) is 0 Å². The van der Waals surface area contributed by atoms with Gasteiger partial charge in [0.15, 0.2) is 0 Å². The molecule has 0 amide bonds. The SMILES string of the molecule is Fc1ccc2oc3ccc([CH]c4ccc(C(F)(F)F)cc4)cc3c2c1. The zero-order valence-corrected chi connectivity index (χ0v) is 12.8. The summed E-state index contributed by atoms with van der Waals surface area (Å²) in [5.74, 6) is -0.354. The van der Waals surface area contributed by atoms with Crippen molar-refractivity contribution in [3.8, 4) is 0 Å². The molecule has 0 atom stereocenters. The molecule has 0 N–H and O–H groups in total. The van der Waals surface area contributed by atoms with Crippen LogP contribution in [-0.4, -0.2) is 0 Å². The second-order valence-corrected chi connectivity index (χ2v) is 5.76. The number of rotatable bonds is 2. The molecule has 0 aliphatic rings. The van der Waals surface area contributed by atoms with Gasteiger partial charge >= 0.3 is 6.18 Å². The summed E-state index contributed by atoms with van der Waals surface area (Å²) in [5, 5.41) is 1.42. The van der Waals surface area contributed by atoms with Crippen LogP contribution >= 0.6 is 0 Å². The molecule has 1 heterocycles. The van der Waals surface area contributed by atoms with Crippen LogP contribution in [-0.2, 0) is 6.18 Å². The lowest BCUT2D eigenvalue weighted by atomic mass is 10.0. The lowest BCUT2D eigenvalue weighted by Gasteiger charge is -2.07. The van der Waals surface area contributed by atoms with Crippen molar-refractivity contribution in [1.29, 1.82) is 0 Å². The van der Waals surface area contributed by atoms with Gasteiger partial charge < -0.3 is 4.42 Å². The van der Waals surface area contributed by atoms with E-state index in [4.69, 9.17) is 4.42 Å². The third-order valence-corrected chi connectivity index (χ3v) is 4.03. The average molecular weight is 343 g/mol. The number of hydrogen-bond acceptors (Lipinski definition) is 1. The minimum atomic E-state index is -4.35. The van der Waals surface area contributed by atoms with E-state index in [1.54, 1.807) is 24.6 Å². The number of benzene rings is 3. The summed E-state index contributed by atoms with van der Waals surface area (Å²) in [6.07, 6.45) is -2.59. The highest BCUT2D eigenvalue weighted by Gasteiger charge is 2.29. The molecule has 0 spiro atoms. The molecule has 0 aliphatic carbocycles. The second-order valence-electron chi connectivity index (χ2n) is 5.76. The van der Waals surface area contributed by atoms with Crippen LogP contribution in [0.25, 0.3) is 21.9 Å². The van der Waals surface area contributed by atoms with Crippen molar-refractivity contribution >= 4 is 21.9 Å². The maximum atomic E-state index is 13.5. The maximum Gasteiger partial charge on any atom is 0.416 e. The van der Waals surface area contributed by atoms with E-state index in [0.717, 1.165) is 23.1 Å². The van der Waals surface area contributed by atoms with Crippen LogP contribution in [0.1, 0.15) is 16.7 Å². The van der Waals surface area contributed by atoms with Crippen LogP contribution in [0.2, 0.25) is 0 Å². The number of furan rings is 1. The monoisotopic (exact) mass is 343 g/mol. The minimum Gasteiger partial charge on any atom is -0.456 e. The topological polar surface area (TPSA) is 13.1 Å². The molecule has 0 saturated carbocycles. The van der Waals surface area contributed by atoms with Gasteiger partial charge in [0.1, 0.15) is 17.0 Å². The van der Waals surface area contributed by atoms with Crippen molar-refractivity contribution < 1.29 is 22.0 Å². The van der Waals surface area contributed by atoms with E-state index in [-0.39, 0.29) is 5.82 Å². The first kappa shape index (κ1) is 15.7. The molecule has 1 nitrogen and oxygen atoms in total. The summed E-state index contributed by atoms with van der Waals surface area (Å²) < 4.78 is 57.0. The van der Waals surface area contributed by atoms with E-state index in [9.17, 15) is 17.6 Å². The van der Waals surface area contributed by atoms with Crippen molar-refractivity contribution in [2.75, 3.05) is 0 Å². The van der Waals surface area contributed by atoms with Crippen molar-refractivity contribution in [2.45, 2.75) is 6.18 Å². The second kappa shape index (κ2) is 5.62. The highest BCUT2D eigenvalue weighted by atomic mass is 19.4. The quantitative estimate of drug-likeness (QED) is 0.387. The van der Waals surface area contributed by atoms with Gasteiger partial charge in [-0.3, -0.25) is 0 Å². The van der Waals surface area contributed by atoms with Gasteiger partial charge in [0.2, 0.25) is 0 Å². The molecule has 3 aromatic carbocycles. The number of alkyl halides is 3. The van der Waals surface area contributed by atoms with Gasteiger partial charge in [0.05, 0.1) is 5.56 Å². The third kappa shape index (κ3) is 2.97. The van der Waals surface area contributed by atoms with E-state index < -0.39 is 11.7 Å². The third-order valence-electron chi connectivity index (χ3n) is 4.03. The summed E-state index contributed by atoms with van der Waals surface area (Å²) in [6, 6.07) is 14.6. The highest BCUT2D eigenvalue weighted by Crippen LogP contribution is 2.32. The van der Waals surface area contributed by atoms with Crippen LogP contribution in [0.3, 0.4) is 0 Å². The predicted octanol–water partition coefficient (Wildman–Crippen LogP) is 6.34. The van der Waals surface area contributed by atoms with Gasteiger partial charge in [0, 0.05) is 17.2 Å². The molecule has 0 saturated heterocycles. The van der Waals surface area contributed by atoms with Crippen LogP contribution in [0.5, 0.6) is 0 Å². The fourth-order valence-corrected chi connectivity index (χ4v) is 2.82. The number of fused-ring (bicyclic) bond motifs is 3. The van der Waals surface area contributed by atoms with Gasteiger partial charge in [0.25, 0.3) is 0 Å². The average Bonchev–Trinajstić information content (AvgIpc) is 2.92. The van der Waals surface area contributed by atoms with E-state index in [1.807, 2.05) is 6.07 Å². The maximum absolute atomic E-state index is 13.5. The summed E-state index contributed by atoms with van der Waals surface area (Å²) in [7, 11) is 0. The fourth-order valence-electron chi connectivity index (χ4n) is 2.82. The molecule has 125 valence electrons. The number of hydrogen-bond donors (Lipinski definition) is 0. The lowest BCUT2D eigenvalue weighted by Crippen LogP contribution is -2.04. The van der Waals surface area contributed by atoms with Crippen molar-refractivity contribution in [3.05, 3.63) is 89.6 Å². The Hall–Kier alpha value is -2.82. The molecule has 1 radical (unpaired) electrons. The first-order valence-electron chi connectivity index (χ1n) is 7.54. The molecular weight excluding hydrogens is 332 g/mol. The zero-order chi connectivity index (χ0) is 17.6. The standard InChI is InChI=1S/C20H11F4O/c21-15-6-8-19-17(11-15)16-10-13(3-7-18(16)25-19)9-12-1-4-14(5-2-12)20(22,23)24/h1-11H. The van der Waals surface area contributed by atoms with Crippen LogP contribution in [0.4, 0.5) is 17.6 Å². The summed E-state index contributed by atoms with van der Waals surface area (Å²) >= 11 is 0. The Morgan fingerprint density at radius 2 is 1.32 bits per heavy atom. The van der Waals surface area contributed by atoms with Crippen molar-refractivity contribution in [3.63, 3.8) is 0 Å². The van der Waals surface area contributed by atoms with Crippen molar-refractivity contribution in [2.24, 2.45) is 0 Å². The Bertz CT molecular complexity index is 1060. The smallest absolute Gasteiger partial charge is 0.416 e. The Kier molecular flexibility index (Phi) is 3.53. The summed E-state index contributed by atoms with van der Waals surface area (Å²) in [6.45, 7) is 0. The molecule has 4 rings (SSSR count). The Morgan fingerprint density at radius 3 is 2.00 bits per heavy atom. The van der Waals surface area contributed by atoms with Gasteiger partial charge in [-0.1, -0.05) is 18.2 Å². The molecule has 25 heavy (non-hydrogen) atoms. The van der Waals surface area contributed by atoms with Gasteiger partial charge in [-0.15, -0.1) is 0 Å². The molecular formula is C20H11F4O. The number of halogens is 4. The van der Waals surface area contributed by atoms with Crippen LogP contribution < -0.4 is 0 Å². The predicted molar refractivity (Wildman–Crippen MR) is 87.6 cm³/mol. The molecule has 0 bridgehead atoms. The molecule has 5 heteroatoms. The minimum absolute atomic E-state index is 0.354. The first-order chi connectivity index (χ1) is 11.9. The van der Waals surface area contributed by atoms with E-state index in [0.29, 0.717) is 22.1 Å². The molecule has 0 fully saturated rings. The molecule has 0 aliphatic heterocycles. The van der Waals surface area contributed by atoms with E-state index in [1.165, 1.54) is 24.3 Å². The summed E-state index contributed by atoms with van der Waals surface area (Å²) in [5.41, 5.74) is 1.97. The van der Waals surface area contributed by atoms with E-state index in [2.05, 4.69) is 0 Å². The fraction of sp³-hybridized carbons (Fsp3) is 0.0500. The Morgan fingerprint density at radius 1 is 0.720 bits per heavy atom. The van der Waals surface area contributed by atoms with Crippen LogP contribution in [0.15, 0.2) is 65.1 Å². The van der Waals surface area contributed by atoms with Crippen LogP contribution in [0, 0.1) is 12.2 Å². The van der Waals surface area contributed by atoms with E-state index >= 15 is 0 Å². The largest absolute Gasteiger partial charge is 0.456 e. The lowest BCUT2D eigenvalue weighted by molar-refractivity contribution is -0.137. The molecule has 0 unspecified atom stereocenters. The Balaban J connectivity index is 1.69. The molecule has 4 aromatic rings. The van der Waals surface area contributed by atoms with Gasteiger partial charge in [-0.25, -0.2) is 4.39 Å². The highest BCUT2D eigenvalue weighted by molar-refractivity contribution is 6.05.